The van der Waals surface area contributed by atoms with Crippen molar-refractivity contribution in [3.63, 3.8) is 0 Å². The molecule has 1 saturated heterocycles. The quantitative estimate of drug-likeness (QED) is 0.128. The van der Waals surface area contributed by atoms with E-state index in [2.05, 4.69) is 68.2 Å². The van der Waals surface area contributed by atoms with Gasteiger partial charge in [-0.05, 0) is 103 Å². The highest BCUT2D eigenvalue weighted by Crippen LogP contribution is 2.37. The third-order valence-corrected chi connectivity index (χ3v) is 9.25. The van der Waals surface area contributed by atoms with Crippen LogP contribution in [0, 0.1) is 20.8 Å². The first-order chi connectivity index (χ1) is 22.2. The molecule has 1 aliphatic heterocycles. The maximum atomic E-state index is 11.7. The van der Waals surface area contributed by atoms with E-state index in [0.717, 1.165) is 75.1 Å². The molecule has 0 radical (unpaired) electrons. The van der Waals surface area contributed by atoms with Gasteiger partial charge >= 0.3 is 5.97 Å². The number of carboxylic acid groups (broad SMARTS) is 1. The van der Waals surface area contributed by atoms with Crippen LogP contribution in [-0.4, -0.2) is 46.9 Å². The zero-order chi connectivity index (χ0) is 32.5. The molecule has 2 heterocycles. The first-order valence-corrected chi connectivity index (χ1v) is 15.6. The maximum Gasteiger partial charge on any atom is 0.320 e. The lowest BCUT2D eigenvalue weighted by Crippen LogP contribution is -2.35. The Labute approximate surface area is 273 Å². The van der Waals surface area contributed by atoms with Gasteiger partial charge in [-0.1, -0.05) is 60.2 Å². The molecule has 46 heavy (non-hydrogen) atoms. The molecule has 1 aromatic heterocycles. The fourth-order valence-corrected chi connectivity index (χ4v) is 6.69. The molecule has 0 aliphatic carbocycles. The van der Waals surface area contributed by atoms with Gasteiger partial charge in [0.2, 0.25) is 5.89 Å². The smallest absolute Gasteiger partial charge is 0.320 e. The summed E-state index contributed by atoms with van der Waals surface area (Å²) >= 11 is 6.38. The van der Waals surface area contributed by atoms with Crippen molar-refractivity contribution < 1.29 is 23.8 Å². The normalized spacial score (nSPS) is 15.2. The number of aliphatic carboxylic acids is 1. The van der Waals surface area contributed by atoms with Crippen LogP contribution in [0.5, 0.6) is 5.75 Å². The summed E-state index contributed by atoms with van der Waals surface area (Å²) < 4.78 is 11.8. The Morgan fingerprint density at radius 3 is 2.48 bits per heavy atom. The van der Waals surface area contributed by atoms with E-state index in [1.165, 1.54) is 0 Å². The van der Waals surface area contributed by atoms with E-state index in [0.29, 0.717) is 40.5 Å². The fraction of sp³-hybridized carbons (Fsp3) is 0.237. The number of benzene rings is 4. The molecule has 0 spiro atoms. The second kappa shape index (κ2) is 12.9. The van der Waals surface area contributed by atoms with Crippen LogP contribution in [0.25, 0.3) is 45.8 Å². The second-order valence-electron chi connectivity index (χ2n) is 11.8. The van der Waals surface area contributed by atoms with Crippen molar-refractivity contribution in [2.24, 2.45) is 0 Å². The number of ether oxygens (including phenoxy) is 1. The predicted molar refractivity (Wildman–Crippen MR) is 182 cm³/mol. The van der Waals surface area contributed by atoms with Crippen molar-refractivity contribution in [2.75, 3.05) is 13.7 Å². The Balaban J connectivity index is 1.30. The number of rotatable bonds is 9. The molecule has 234 valence electrons. The van der Waals surface area contributed by atoms with Gasteiger partial charge in [0.25, 0.3) is 0 Å². The SMILES string of the molecule is COc1cc(/C=C/c2cccc(-c3cccc(-c4nc5cc(C=O)cc(Cl)c5o4)c3C)c2C)c(C)cc1CN1CCC[C@H]1C(=O)O. The summed E-state index contributed by atoms with van der Waals surface area (Å²) in [6, 6.07) is 19.3. The Morgan fingerprint density at radius 1 is 1.02 bits per heavy atom. The van der Waals surface area contributed by atoms with Gasteiger partial charge in [-0.25, -0.2) is 4.98 Å². The molecule has 1 atom stereocenters. The number of aromatic nitrogens is 1. The van der Waals surface area contributed by atoms with Gasteiger partial charge in [0, 0.05) is 23.2 Å². The van der Waals surface area contributed by atoms with Crippen LogP contribution in [0.15, 0.2) is 65.1 Å². The Hall–Kier alpha value is -4.72. The van der Waals surface area contributed by atoms with Crippen LogP contribution >= 0.6 is 11.6 Å². The monoisotopic (exact) mass is 634 g/mol. The van der Waals surface area contributed by atoms with Crippen LogP contribution in [-0.2, 0) is 11.3 Å². The number of halogens is 1. The van der Waals surface area contributed by atoms with Crippen molar-refractivity contribution in [1.82, 2.24) is 9.88 Å². The van der Waals surface area contributed by atoms with E-state index in [4.69, 9.17) is 20.8 Å². The minimum absolute atomic E-state index is 0.350. The lowest BCUT2D eigenvalue weighted by molar-refractivity contribution is -0.142. The summed E-state index contributed by atoms with van der Waals surface area (Å²) in [5.74, 6) is 0.434. The molecule has 0 unspecified atom stereocenters. The zero-order valence-corrected chi connectivity index (χ0v) is 27.0. The summed E-state index contributed by atoms with van der Waals surface area (Å²) in [5, 5.41) is 9.96. The molecule has 1 fully saturated rings. The summed E-state index contributed by atoms with van der Waals surface area (Å²) in [5.41, 5.74) is 10.8. The average Bonchev–Trinajstić information content (AvgIpc) is 3.69. The largest absolute Gasteiger partial charge is 0.496 e. The number of nitrogens with zero attached hydrogens (tertiary/aromatic N) is 2. The van der Waals surface area contributed by atoms with Gasteiger partial charge < -0.3 is 14.3 Å². The third-order valence-electron chi connectivity index (χ3n) is 8.97. The van der Waals surface area contributed by atoms with Crippen LogP contribution < -0.4 is 4.74 Å². The van der Waals surface area contributed by atoms with Crippen LogP contribution in [0.2, 0.25) is 5.02 Å². The standard InChI is InChI=1S/C38H35ClN2O5/c1-22-16-28(20-41-15-7-12-34(41)38(43)44)35(45-4)19-27(22)14-13-26-8-5-9-29(23(26)2)30-10-6-11-31(24(30)3)37-40-33-18-25(21-42)17-32(39)36(33)46-37/h5-6,8-11,13-14,16-19,21,34H,7,12,15,20H2,1-4H3,(H,43,44)/b14-13+/t34-/m0/s1. The minimum Gasteiger partial charge on any atom is -0.496 e. The fourth-order valence-electron chi connectivity index (χ4n) is 6.43. The van der Waals surface area contributed by atoms with E-state index in [9.17, 15) is 14.7 Å². The predicted octanol–water partition coefficient (Wildman–Crippen LogP) is 8.78. The molecule has 6 rings (SSSR count). The zero-order valence-electron chi connectivity index (χ0n) is 26.3. The van der Waals surface area contributed by atoms with Crippen molar-refractivity contribution >= 4 is 47.1 Å². The summed E-state index contributed by atoms with van der Waals surface area (Å²) in [4.78, 5) is 29.7. The highest BCUT2D eigenvalue weighted by Gasteiger charge is 2.31. The van der Waals surface area contributed by atoms with E-state index in [1.54, 1.807) is 19.2 Å². The molecule has 1 N–H and O–H groups in total. The Morgan fingerprint density at radius 2 is 1.74 bits per heavy atom. The van der Waals surface area contributed by atoms with Crippen LogP contribution in [0.1, 0.15) is 56.6 Å². The topological polar surface area (TPSA) is 92.9 Å². The van der Waals surface area contributed by atoms with Gasteiger partial charge in [0.05, 0.1) is 12.1 Å². The molecule has 1 aliphatic rings. The summed E-state index contributed by atoms with van der Waals surface area (Å²) in [6.07, 6.45) is 6.53. The molecule has 5 aromatic rings. The van der Waals surface area contributed by atoms with E-state index >= 15 is 0 Å². The van der Waals surface area contributed by atoms with E-state index in [1.807, 2.05) is 23.1 Å². The number of carbonyl (C=O) groups is 2. The molecule has 0 saturated carbocycles. The van der Waals surface area contributed by atoms with Crippen molar-refractivity contribution in [2.45, 2.75) is 46.2 Å². The maximum absolute atomic E-state index is 11.7. The molecule has 0 bridgehead atoms. The number of likely N-dealkylation sites (tertiary alicyclic amines) is 1. The van der Waals surface area contributed by atoms with E-state index in [-0.39, 0.29) is 0 Å². The first kappa shape index (κ1) is 31.3. The number of oxazole rings is 1. The number of methoxy groups -OCH3 is 1. The number of carbonyl (C=O) groups excluding carboxylic acids is 1. The van der Waals surface area contributed by atoms with Crippen LogP contribution in [0.3, 0.4) is 0 Å². The molecular formula is C38H35ClN2O5. The lowest BCUT2D eigenvalue weighted by atomic mass is 9.91. The lowest BCUT2D eigenvalue weighted by Gasteiger charge is -2.23. The molecule has 0 amide bonds. The number of fused-ring (bicyclic) bond motifs is 1. The second-order valence-corrected chi connectivity index (χ2v) is 12.2. The number of carboxylic acids is 1. The average molecular weight is 635 g/mol. The highest BCUT2D eigenvalue weighted by molar-refractivity contribution is 6.35. The van der Waals surface area contributed by atoms with Crippen molar-refractivity contribution in [1.29, 1.82) is 0 Å². The third kappa shape index (κ3) is 5.96. The minimum atomic E-state index is -0.766. The number of aldehydes is 1. The van der Waals surface area contributed by atoms with Crippen molar-refractivity contribution in [3.8, 4) is 28.3 Å². The molecule has 4 aromatic carbocycles. The number of hydrogen-bond acceptors (Lipinski definition) is 6. The summed E-state index contributed by atoms with van der Waals surface area (Å²) in [6.45, 7) is 7.55. The Kier molecular flexibility index (Phi) is 8.80. The molecule has 7 nitrogen and oxygen atoms in total. The van der Waals surface area contributed by atoms with E-state index < -0.39 is 12.0 Å². The summed E-state index contributed by atoms with van der Waals surface area (Å²) in [7, 11) is 1.66. The van der Waals surface area contributed by atoms with Gasteiger partial charge in [-0.15, -0.1) is 0 Å². The van der Waals surface area contributed by atoms with Crippen molar-refractivity contribution in [3.05, 3.63) is 105 Å². The number of hydrogen-bond donors (Lipinski definition) is 1. The first-order valence-electron chi connectivity index (χ1n) is 15.3. The molecular weight excluding hydrogens is 600 g/mol. The van der Waals surface area contributed by atoms with Gasteiger partial charge in [-0.2, -0.15) is 0 Å². The van der Waals surface area contributed by atoms with Crippen LogP contribution in [0.4, 0.5) is 0 Å². The highest BCUT2D eigenvalue weighted by atomic mass is 35.5. The van der Waals surface area contributed by atoms with Gasteiger partial charge in [-0.3, -0.25) is 14.5 Å². The van der Waals surface area contributed by atoms with Gasteiger partial charge in [0.1, 0.15) is 23.6 Å². The number of aryl methyl sites for hydroxylation is 1. The van der Waals surface area contributed by atoms with Gasteiger partial charge in [0.15, 0.2) is 5.58 Å². The Bertz CT molecular complexity index is 2010. The molecule has 8 heteroatoms.